The van der Waals surface area contributed by atoms with E-state index in [2.05, 4.69) is 27.5 Å². The Hall–Kier alpha value is -1.85. The highest BCUT2D eigenvalue weighted by atomic mass is 35.5. The predicted octanol–water partition coefficient (Wildman–Crippen LogP) is 4.06. The van der Waals surface area contributed by atoms with E-state index in [9.17, 15) is 4.79 Å². The Morgan fingerprint density at radius 1 is 1.23 bits per heavy atom. The molecule has 0 radical (unpaired) electrons. The van der Waals surface area contributed by atoms with Gasteiger partial charge in [-0.05, 0) is 30.7 Å². The van der Waals surface area contributed by atoms with Gasteiger partial charge in [-0.25, -0.2) is 9.97 Å². The molecule has 1 amide bonds. The molecule has 0 unspecified atom stereocenters. The molecule has 0 spiro atoms. The molecule has 1 aromatic heterocycles. The highest BCUT2D eigenvalue weighted by Gasteiger charge is 2.08. The van der Waals surface area contributed by atoms with Crippen molar-refractivity contribution in [3.63, 3.8) is 0 Å². The summed E-state index contributed by atoms with van der Waals surface area (Å²) in [5.41, 5.74) is 0.961. The first-order chi connectivity index (χ1) is 10.6. The van der Waals surface area contributed by atoms with E-state index in [0.717, 1.165) is 12.8 Å². The summed E-state index contributed by atoms with van der Waals surface area (Å²) in [6.07, 6.45) is 3.48. The Labute approximate surface area is 139 Å². The molecule has 0 fully saturated rings. The largest absolute Gasteiger partial charge is 0.351 e. The molecule has 0 aliphatic rings. The van der Waals surface area contributed by atoms with Gasteiger partial charge >= 0.3 is 0 Å². The fourth-order valence-electron chi connectivity index (χ4n) is 1.77. The van der Waals surface area contributed by atoms with Crippen LogP contribution in [0.2, 0.25) is 10.0 Å². The second-order valence-electron chi connectivity index (χ2n) is 4.66. The quantitative estimate of drug-likeness (QED) is 0.779. The molecule has 2 aromatic rings. The molecule has 0 atom stereocenters. The maximum Gasteiger partial charge on any atom is 0.270 e. The van der Waals surface area contributed by atoms with Crippen molar-refractivity contribution in [2.24, 2.45) is 0 Å². The third-order valence-electron chi connectivity index (χ3n) is 2.82. The zero-order chi connectivity index (χ0) is 15.9. The van der Waals surface area contributed by atoms with Gasteiger partial charge in [-0.2, -0.15) is 0 Å². The van der Waals surface area contributed by atoms with Crippen LogP contribution >= 0.6 is 23.2 Å². The maximum absolute atomic E-state index is 12.0. The van der Waals surface area contributed by atoms with Gasteiger partial charge in [0.15, 0.2) is 0 Å². The number of unbranched alkanes of at least 4 members (excludes halogenated alkanes) is 1. The third kappa shape index (κ3) is 4.86. The molecule has 0 saturated carbocycles. The molecule has 2 N–H and O–H groups in total. The van der Waals surface area contributed by atoms with Crippen molar-refractivity contribution in [3.8, 4) is 0 Å². The van der Waals surface area contributed by atoms with E-state index >= 15 is 0 Å². The smallest absolute Gasteiger partial charge is 0.270 e. The molecule has 0 aliphatic heterocycles. The van der Waals surface area contributed by atoms with Crippen molar-refractivity contribution >= 4 is 40.7 Å². The summed E-state index contributed by atoms with van der Waals surface area (Å²) >= 11 is 11.9. The lowest BCUT2D eigenvalue weighted by atomic mass is 10.3. The first-order valence-corrected chi connectivity index (χ1v) is 7.68. The Bertz CT molecular complexity index is 643. The van der Waals surface area contributed by atoms with Gasteiger partial charge in [0.2, 0.25) is 5.95 Å². The molecule has 22 heavy (non-hydrogen) atoms. The minimum Gasteiger partial charge on any atom is -0.351 e. The van der Waals surface area contributed by atoms with E-state index < -0.39 is 0 Å². The van der Waals surface area contributed by atoms with Crippen molar-refractivity contribution < 1.29 is 4.79 Å². The van der Waals surface area contributed by atoms with Gasteiger partial charge in [0.25, 0.3) is 5.91 Å². The minimum absolute atomic E-state index is 0.219. The maximum atomic E-state index is 12.0. The lowest BCUT2D eigenvalue weighted by Crippen LogP contribution is -2.25. The van der Waals surface area contributed by atoms with Crippen molar-refractivity contribution in [3.05, 3.63) is 46.2 Å². The van der Waals surface area contributed by atoms with Crippen LogP contribution < -0.4 is 10.6 Å². The Kier molecular flexibility index (Phi) is 5.98. The molecule has 7 heteroatoms. The van der Waals surface area contributed by atoms with Crippen LogP contribution in [0.1, 0.15) is 30.3 Å². The molecule has 116 valence electrons. The number of nitrogens with one attached hydrogen (secondary N) is 2. The van der Waals surface area contributed by atoms with Crippen LogP contribution in [0.4, 0.5) is 11.6 Å². The molecule has 1 heterocycles. The zero-order valence-electron chi connectivity index (χ0n) is 12.1. The number of aromatic nitrogens is 2. The Balaban J connectivity index is 2.09. The van der Waals surface area contributed by atoms with Crippen LogP contribution in [0.5, 0.6) is 0 Å². The number of rotatable bonds is 6. The Morgan fingerprint density at radius 2 is 1.95 bits per heavy atom. The molecular formula is C15H16Cl2N4O. The third-order valence-corrected chi connectivity index (χ3v) is 3.26. The summed E-state index contributed by atoms with van der Waals surface area (Å²) in [6, 6.07) is 6.60. The van der Waals surface area contributed by atoms with Gasteiger partial charge in [0.05, 0.1) is 0 Å². The van der Waals surface area contributed by atoms with Crippen LogP contribution in [0.15, 0.2) is 30.5 Å². The van der Waals surface area contributed by atoms with Gasteiger partial charge in [0.1, 0.15) is 5.69 Å². The van der Waals surface area contributed by atoms with Crippen LogP contribution in [0.3, 0.4) is 0 Å². The minimum atomic E-state index is -0.219. The number of hydrogen-bond acceptors (Lipinski definition) is 4. The van der Waals surface area contributed by atoms with E-state index in [1.54, 1.807) is 24.3 Å². The van der Waals surface area contributed by atoms with E-state index in [0.29, 0.717) is 33.9 Å². The monoisotopic (exact) mass is 338 g/mol. The summed E-state index contributed by atoms with van der Waals surface area (Å²) < 4.78 is 0. The van der Waals surface area contributed by atoms with E-state index in [-0.39, 0.29) is 5.91 Å². The van der Waals surface area contributed by atoms with Crippen molar-refractivity contribution in [2.45, 2.75) is 19.8 Å². The fraction of sp³-hybridized carbons (Fsp3) is 0.267. The molecule has 0 saturated heterocycles. The number of carbonyl (C=O) groups is 1. The standard InChI is InChI=1S/C15H16Cl2N4O/c1-2-3-5-18-14(22)13-4-6-19-15(21-13)20-12-8-10(16)7-11(17)9-12/h4,6-9H,2-3,5H2,1H3,(H,18,22)(H,19,20,21). The van der Waals surface area contributed by atoms with Gasteiger partial charge in [-0.1, -0.05) is 36.5 Å². The van der Waals surface area contributed by atoms with Crippen LogP contribution in [0, 0.1) is 0 Å². The molecule has 0 aliphatic carbocycles. The summed E-state index contributed by atoms with van der Waals surface area (Å²) in [6.45, 7) is 2.70. The van der Waals surface area contributed by atoms with E-state index in [4.69, 9.17) is 23.2 Å². The van der Waals surface area contributed by atoms with E-state index in [1.807, 2.05) is 0 Å². The first kappa shape index (κ1) is 16.5. The SMILES string of the molecule is CCCCNC(=O)c1ccnc(Nc2cc(Cl)cc(Cl)c2)n1. The van der Waals surface area contributed by atoms with Crippen LogP contribution in [-0.2, 0) is 0 Å². The number of amides is 1. The average Bonchev–Trinajstić information content (AvgIpc) is 2.46. The van der Waals surface area contributed by atoms with Gasteiger partial charge in [0, 0.05) is 28.5 Å². The molecule has 0 bridgehead atoms. The van der Waals surface area contributed by atoms with Crippen molar-refractivity contribution in [1.29, 1.82) is 0 Å². The number of benzene rings is 1. The first-order valence-electron chi connectivity index (χ1n) is 6.93. The van der Waals surface area contributed by atoms with Crippen molar-refractivity contribution in [2.75, 3.05) is 11.9 Å². The molecule has 1 aromatic carbocycles. The van der Waals surface area contributed by atoms with Crippen molar-refractivity contribution in [1.82, 2.24) is 15.3 Å². The number of hydrogen-bond donors (Lipinski definition) is 2. The lowest BCUT2D eigenvalue weighted by molar-refractivity contribution is 0.0948. The molecule has 5 nitrogen and oxygen atoms in total. The summed E-state index contributed by atoms with van der Waals surface area (Å²) in [7, 11) is 0. The normalized spacial score (nSPS) is 10.3. The van der Waals surface area contributed by atoms with Crippen LogP contribution in [0.25, 0.3) is 0 Å². The number of carbonyl (C=O) groups excluding carboxylic acids is 1. The summed E-state index contributed by atoms with van der Waals surface area (Å²) in [4.78, 5) is 20.2. The molecular weight excluding hydrogens is 323 g/mol. The average molecular weight is 339 g/mol. The highest BCUT2D eigenvalue weighted by Crippen LogP contribution is 2.24. The Morgan fingerprint density at radius 3 is 2.64 bits per heavy atom. The number of anilines is 2. The second-order valence-corrected chi connectivity index (χ2v) is 5.53. The summed E-state index contributed by atoms with van der Waals surface area (Å²) in [5, 5.41) is 6.79. The van der Waals surface area contributed by atoms with E-state index in [1.165, 1.54) is 6.20 Å². The lowest BCUT2D eigenvalue weighted by Gasteiger charge is -2.08. The second kappa shape index (κ2) is 7.96. The summed E-state index contributed by atoms with van der Waals surface area (Å²) in [5.74, 6) is 0.0875. The number of nitrogens with zero attached hydrogens (tertiary/aromatic N) is 2. The zero-order valence-corrected chi connectivity index (χ0v) is 13.6. The molecule has 2 rings (SSSR count). The highest BCUT2D eigenvalue weighted by molar-refractivity contribution is 6.35. The predicted molar refractivity (Wildman–Crippen MR) is 89.0 cm³/mol. The topological polar surface area (TPSA) is 66.9 Å². The van der Waals surface area contributed by atoms with Gasteiger partial charge < -0.3 is 10.6 Å². The number of halogens is 2. The fourth-order valence-corrected chi connectivity index (χ4v) is 2.30. The van der Waals surface area contributed by atoms with Gasteiger partial charge in [-0.15, -0.1) is 0 Å². The van der Waals surface area contributed by atoms with Crippen LogP contribution in [-0.4, -0.2) is 22.4 Å². The van der Waals surface area contributed by atoms with Gasteiger partial charge in [-0.3, -0.25) is 4.79 Å².